The summed E-state index contributed by atoms with van der Waals surface area (Å²) in [6, 6.07) is 8.34. The van der Waals surface area contributed by atoms with Gasteiger partial charge < -0.3 is 10.5 Å². The first kappa shape index (κ1) is 22.8. The van der Waals surface area contributed by atoms with Gasteiger partial charge in [-0.1, -0.05) is 0 Å². The van der Waals surface area contributed by atoms with Crippen molar-refractivity contribution >= 4 is 22.2 Å². The summed E-state index contributed by atoms with van der Waals surface area (Å²) in [7, 11) is 0. The fourth-order valence-corrected chi connectivity index (χ4v) is 4.83. The molecule has 0 fully saturated rings. The van der Waals surface area contributed by atoms with Gasteiger partial charge in [-0.15, -0.1) is 0 Å². The number of rotatable bonds is 5. The van der Waals surface area contributed by atoms with E-state index in [1.165, 1.54) is 21.7 Å². The van der Waals surface area contributed by atoms with E-state index in [4.69, 9.17) is 15.5 Å². The Balaban J connectivity index is 1.61. The van der Waals surface area contributed by atoms with E-state index in [0.717, 1.165) is 12.1 Å². The number of imidazole rings is 2. The van der Waals surface area contributed by atoms with Crippen molar-refractivity contribution < 1.29 is 13.5 Å². The minimum absolute atomic E-state index is 0.0295. The van der Waals surface area contributed by atoms with Crippen LogP contribution in [-0.2, 0) is 6.54 Å². The second kappa shape index (κ2) is 8.79. The third-order valence-electron chi connectivity index (χ3n) is 6.55. The summed E-state index contributed by atoms with van der Waals surface area (Å²) < 4.78 is 39.5. The number of nitriles is 1. The Bertz CT molecular complexity index is 1780. The monoisotopic (exact) mass is 502 g/mol. The SMILES string of the molecule is N#Cc1ccc2ncn(-c3ncc4c(n3)n([C@@H]3CCOc5c(F)ccc(F)c53)c(=O)n4CCCN)c2c1. The third kappa shape index (κ3) is 3.54. The lowest BCUT2D eigenvalue weighted by Crippen LogP contribution is -2.32. The number of nitrogens with zero attached hydrogens (tertiary/aromatic N) is 7. The lowest BCUT2D eigenvalue weighted by atomic mass is 9.99. The van der Waals surface area contributed by atoms with Crippen molar-refractivity contribution in [3.8, 4) is 17.8 Å². The molecular weight excluding hydrogens is 482 g/mol. The highest BCUT2D eigenvalue weighted by atomic mass is 19.1. The van der Waals surface area contributed by atoms with Crippen LogP contribution in [0.2, 0.25) is 0 Å². The van der Waals surface area contributed by atoms with Gasteiger partial charge in [-0.05, 0) is 43.3 Å². The topological polar surface area (TPSA) is 130 Å². The quantitative estimate of drug-likeness (QED) is 0.391. The molecule has 4 heterocycles. The smallest absolute Gasteiger partial charge is 0.330 e. The Labute approximate surface area is 208 Å². The van der Waals surface area contributed by atoms with Gasteiger partial charge in [0.1, 0.15) is 17.7 Å². The molecule has 0 spiro atoms. The van der Waals surface area contributed by atoms with Gasteiger partial charge in [0.25, 0.3) is 0 Å². The Kier molecular flexibility index (Phi) is 5.42. The van der Waals surface area contributed by atoms with Crippen LogP contribution >= 0.6 is 0 Å². The van der Waals surface area contributed by atoms with E-state index in [2.05, 4.69) is 16.0 Å². The van der Waals surface area contributed by atoms with Crippen LogP contribution in [0.1, 0.15) is 30.0 Å². The summed E-state index contributed by atoms with van der Waals surface area (Å²) in [6.07, 6.45) is 3.81. The number of aromatic nitrogens is 6. The average molecular weight is 502 g/mol. The van der Waals surface area contributed by atoms with E-state index in [9.17, 15) is 14.4 Å². The largest absolute Gasteiger partial charge is 0.490 e. The highest BCUT2D eigenvalue weighted by Crippen LogP contribution is 2.39. The van der Waals surface area contributed by atoms with Crippen molar-refractivity contribution in [3.05, 3.63) is 76.1 Å². The molecule has 5 aromatic rings. The van der Waals surface area contributed by atoms with Crippen LogP contribution < -0.4 is 16.2 Å². The number of halogens is 2. The third-order valence-corrected chi connectivity index (χ3v) is 6.55. The fourth-order valence-electron chi connectivity index (χ4n) is 4.83. The van der Waals surface area contributed by atoms with E-state index >= 15 is 4.39 Å². The normalized spacial score (nSPS) is 15.0. The van der Waals surface area contributed by atoms with Gasteiger partial charge in [0, 0.05) is 13.0 Å². The molecule has 3 aromatic heterocycles. The first-order valence-corrected chi connectivity index (χ1v) is 11.7. The molecule has 1 aliphatic heterocycles. The molecular formula is C25H20F2N8O2. The van der Waals surface area contributed by atoms with Gasteiger partial charge in [-0.25, -0.2) is 23.5 Å². The summed E-state index contributed by atoms with van der Waals surface area (Å²) in [5.74, 6) is -1.36. The van der Waals surface area contributed by atoms with Gasteiger partial charge in [0.15, 0.2) is 17.2 Å². The molecule has 0 radical (unpaired) electrons. The second-order valence-electron chi connectivity index (χ2n) is 8.68. The minimum Gasteiger partial charge on any atom is -0.490 e. The van der Waals surface area contributed by atoms with Crippen molar-refractivity contribution in [1.29, 1.82) is 5.26 Å². The number of nitrogens with two attached hydrogens (primary N) is 1. The summed E-state index contributed by atoms with van der Waals surface area (Å²) >= 11 is 0. The summed E-state index contributed by atoms with van der Waals surface area (Å²) in [5.41, 5.74) is 7.61. The Morgan fingerprint density at radius 2 is 2.00 bits per heavy atom. The molecule has 186 valence electrons. The first-order valence-electron chi connectivity index (χ1n) is 11.7. The zero-order valence-electron chi connectivity index (χ0n) is 19.4. The van der Waals surface area contributed by atoms with Gasteiger partial charge in [-0.3, -0.25) is 13.7 Å². The van der Waals surface area contributed by atoms with Crippen molar-refractivity contribution in [3.63, 3.8) is 0 Å². The van der Waals surface area contributed by atoms with Crippen LogP contribution in [0.5, 0.6) is 5.75 Å². The molecule has 1 aliphatic rings. The van der Waals surface area contributed by atoms with Crippen LogP contribution in [0.3, 0.4) is 0 Å². The standard InChI is InChI=1S/C25H20F2N8O2/c26-15-3-4-16(27)22-21(15)18(6-9-37-22)35-23-20(33(25(35)36)8-1-7-28)12-30-24(32-23)34-13-31-17-5-2-14(11-29)10-19(17)34/h2-5,10,12-13,18H,1,6-9,28H2/t18-/m1/s1. The van der Waals surface area contributed by atoms with Crippen molar-refractivity contribution in [2.75, 3.05) is 13.2 Å². The molecule has 2 aromatic carbocycles. The van der Waals surface area contributed by atoms with Crippen LogP contribution in [0.15, 0.2) is 47.7 Å². The lowest BCUT2D eigenvalue weighted by molar-refractivity contribution is 0.238. The maximum atomic E-state index is 15.0. The molecule has 6 rings (SSSR count). The van der Waals surface area contributed by atoms with Gasteiger partial charge >= 0.3 is 5.69 Å². The summed E-state index contributed by atoms with van der Waals surface area (Å²) in [5, 5.41) is 9.32. The van der Waals surface area contributed by atoms with E-state index < -0.39 is 23.4 Å². The molecule has 0 saturated heterocycles. The number of hydrogen-bond donors (Lipinski definition) is 1. The number of aryl methyl sites for hydroxylation is 1. The summed E-state index contributed by atoms with van der Waals surface area (Å²) in [4.78, 5) is 27.2. The maximum Gasteiger partial charge on any atom is 0.330 e. The van der Waals surface area contributed by atoms with E-state index in [0.29, 0.717) is 41.6 Å². The molecule has 0 unspecified atom stereocenters. The van der Waals surface area contributed by atoms with Crippen molar-refractivity contribution in [1.82, 2.24) is 28.7 Å². The fraction of sp³-hybridized carbons (Fsp3) is 0.240. The van der Waals surface area contributed by atoms with Crippen molar-refractivity contribution in [2.45, 2.75) is 25.4 Å². The Morgan fingerprint density at radius 3 is 2.81 bits per heavy atom. The van der Waals surface area contributed by atoms with Crippen LogP contribution in [0.4, 0.5) is 8.78 Å². The van der Waals surface area contributed by atoms with Gasteiger partial charge in [-0.2, -0.15) is 10.2 Å². The molecule has 0 amide bonds. The highest BCUT2D eigenvalue weighted by Gasteiger charge is 2.33. The second-order valence-corrected chi connectivity index (χ2v) is 8.68. The summed E-state index contributed by atoms with van der Waals surface area (Å²) in [6.45, 7) is 0.768. The predicted octanol–water partition coefficient (Wildman–Crippen LogP) is 2.80. The van der Waals surface area contributed by atoms with Gasteiger partial charge in [0.05, 0.1) is 47.1 Å². The number of ether oxygens (including phenoxy) is 1. The van der Waals surface area contributed by atoms with E-state index in [-0.39, 0.29) is 35.9 Å². The zero-order chi connectivity index (χ0) is 25.7. The Morgan fingerprint density at radius 1 is 1.16 bits per heavy atom. The van der Waals surface area contributed by atoms with Gasteiger partial charge in [0.2, 0.25) is 5.95 Å². The maximum absolute atomic E-state index is 15.0. The minimum atomic E-state index is -0.846. The molecule has 12 heteroatoms. The average Bonchev–Trinajstić information content (AvgIpc) is 3.46. The Hall–Kier alpha value is -4.63. The first-order chi connectivity index (χ1) is 18.0. The van der Waals surface area contributed by atoms with Crippen LogP contribution in [0, 0.1) is 23.0 Å². The molecule has 1 atom stereocenters. The zero-order valence-corrected chi connectivity index (χ0v) is 19.4. The molecule has 2 N–H and O–H groups in total. The number of fused-ring (bicyclic) bond motifs is 3. The highest BCUT2D eigenvalue weighted by molar-refractivity contribution is 5.79. The van der Waals surface area contributed by atoms with E-state index in [1.807, 2.05) is 0 Å². The molecule has 0 aliphatic carbocycles. The molecule has 37 heavy (non-hydrogen) atoms. The van der Waals surface area contributed by atoms with E-state index in [1.54, 1.807) is 22.8 Å². The molecule has 10 nitrogen and oxygen atoms in total. The predicted molar refractivity (Wildman–Crippen MR) is 129 cm³/mol. The lowest BCUT2D eigenvalue weighted by Gasteiger charge is -2.27. The number of hydrogen-bond acceptors (Lipinski definition) is 7. The van der Waals surface area contributed by atoms with Crippen LogP contribution in [-0.4, -0.2) is 41.8 Å². The number of benzene rings is 2. The van der Waals surface area contributed by atoms with Crippen molar-refractivity contribution in [2.24, 2.45) is 5.73 Å². The van der Waals surface area contributed by atoms with Crippen LogP contribution in [0.25, 0.3) is 28.1 Å². The molecule has 0 bridgehead atoms. The molecule has 0 saturated carbocycles.